The summed E-state index contributed by atoms with van der Waals surface area (Å²) in [6.07, 6.45) is 2.74. The Bertz CT molecular complexity index is 1110. The van der Waals surface area contributed by atoms with Gasteiger partial charge < -0.3 is 15.5 Å². The molecule has 1 saturated carbocycles. The molecule has 0 radical (unpaired) electrons. The molecule has 4 heterocycles. The van der Waals surface area contributed by atoms with Crippen LogP contribution in [-0.4, -0.2) is 51.8 Å². The maximum atomic E-state index is 13.2. The van der Waals surface area contributed by atoms with Crippen LogP contribution in [0.25, 0.3) is 10.3 Å². The lowest BCUT2D eigenvalue weighted by atomic mass is 10.1. The number of aromatic nitrogens is 4. The molecule has 8 nitrogen and oxygen atoms in total. The number of carbonyl (C=O) groups excluding carboxylic acids is 1. The van der Waals surface area contributed by atoms with Crippen LogP contribution in [0, 0.1) is 5.41 Å². The van der Waals surface area contributed by atoms with Crippen molar-refractivity contribution in [3.05, 3.63) is 29.0 Å². The summed E-state index contributed by atoms with van der Waals surface area (Å²) in [6, 6.07) is 0. The zero-order valence-corrected chi connectivity index (χ0v) is 17.2. The van der Waals surface area contributed by atoms with Crippen LogP contribution in [0.5, 0.6) is 0 Å². The molecular formula is C19H21F2N7OS. The number of hydrogen-bond donors (Lipinski definition) is 2. The number of fused-ring (bicyclic) bond motifs is 1. The number of rotatable bonds is 4. The first-order valence-corrected chi connectivity index (χ1v) is 10.7. The summed E-state index contributed by atoms with van der Waals surface area (Å²) in [5.74, 6) is 0.235. The van der Waals surface area contributed by atoms with Crippen molar-refractivity contribution in [3.8, 4) is 0 Å². The quantitative estimate of drug-likeness (QED) is 0.658. The molecular weight excluding hydrogens is 412 g/mol. The molecule has 2 fully saturated rings. The number of amides is 1. The molecule has 1 spiro atoms. The van der Waals surface area contributed by atoms with E-state index in [0.29, 0.717) is 21.3 Å². The zero-order chi connectivity index (χ0) is 20.9. The fourth-order valence-electron chi connectivity index (χ4n) is 3.88. The summed E-state index contributed by atoms with van der Waals surface area (Å²) in [6.45, 7) is 3.62. The summed E-state index contributed by atoms with van der Waals surface area (Å²) in [4.78, 5) is 24.9. The van der Waals surface area contributed by atoms with Crippen LogP contribution >= 0.6 is 11.3 Å². The number of nitrogens with zero attached hydrogens (tertiary/aromatic N) is 5. The largest absolute Gasteiger partial charge is 0.353 e. The van der Waals surface area contributed by atoms with Gasteiger partial charge in [0.05, 0.1) is 17.4 Å². The first kappa shape index (κ1) is 19.3. The van der Waals surface area contributed by atoms with Gasteiger partial charge in [-0.15, -0.1) is 11.3 Å². The van der Waals surface area contributed by atoms with Gasteiger partial charge in [-0.3, -0.25) is 9.48 Å². The molecule has 0 aromatic carbocycles. The number of alkyl halides is 2. The minimum atomic E-state index is -2.78. The Balaban J connectivity index is 1.44. The average Bonchev–Trinajstić information content (AvgIpc) is 3.27. The predicted molar refractivity (Wildman–Crippen MR) is 110 cm³/mol. The molecule has 0 atom stereocenters. The highest BCUT2D eigenvalue weighted by atomic mass is 32.1. The van der Waals surface area contributed by atoms with Gasteiger partial charge in [0, 0.05) is 50.2 Å². The first-order valence-electron chi connectivity index (χ1n) is 9.77. The van der Waals surface area contributed by atoms with Gasteiger partial charge in [0.15, 0.2) is 5.69 Å². The Morgan fingerprint density at radius 3 is 3.00 bits per heavy atom. The van der Waals surface area contributed by atoms with Gasteiger partial charge in [-0.05, 0) is 12.8 Å². The lowest BCUT2D eigenvalue weighted by Gasteiger charge is -2.24. The van der Waals surface area contributed by atoms with Crippen LogP contribution in [0.15, 0.2) is 17.8 Å². The van der Waals surface area contributed by atoms with E-state index >= 15 is 0 Å². The molecule has 1 amide bonds. The highest BCUT2D eigenvalue weighted by Gasteiger charge is 2.44. The Kier molecular flexibility index (Phi) is 4.66. The third-order valence-corrected chi connectivity index (χ3v) is 6.57. The highest BCUT2D eigenvalue weighted by molar-refractivity contribution is 7.17. The van der Waals surface area contributed by atoms with Crippen LogP contribution in [0.4, 0.5) is 20.3 Å². The highest BCUT2D eigenvalue weighted by Crippen LogP contribution is 2.46. The third-order valence-electron chi connectivity index (χ3n) is 5.69. The number of anilines is 2. The number of aryl methyl sites for hydroxylation is 1. The molecule has 0 bridgehead atoms. The van der Waals surface area contributed by atoms with Crippen LogP contribution in [-0.2, 0) is 7.05 Å². The number of nitrogens with one attached hydrogen (secondary N) is 2. The van der Waals surface area contributed by atoms with E-state index in [0.717, 1.165) is 32.0 Å². The minimum Gasteiger partial charge on any atom is -0.353 e. The molecule has 30 heavy (non-hydrogen) atoms. The van der Waals surface area contributed by atoms with E-state index in [4.69, 9.17) is 4.98 Å². The number of thiophene rings is 1. The molecule has 2 N–H and O–H groups in total. The van der Waals surface area contributed by atoms with Crippen LogP contribution < -0.4 is 15.5 Å². The minimum absolute atomic E-state index is 0.00442. The molecule has 1 aliphatic heterocycles. The molecule has 3 aromatic rings. The van der Waals surface area contributed by atoms with E-state index in [2.05, 4.69) is 25.6 Å². The van der Waals surface area contributed by atoms with Crippen LogP contribution in [0.3, 0.4) is 0 Å². The molecule has 158 valence electrons. The van der Waals surface area contributed by atoms with E-state index in [1.807, 2.05) is 0 Å². The lowest BCUT2D eigenvalue weighted by molar-refractivity contribution is 0.102. The fourth-order valence-corrected chi connectivity index (χ4v) is 4.71. The first-order chi connectivity index (χ1) is 14.4. The Labute approximate surface area is 175 Å². The van der Waals surface area contributed by atoms with Crippen molar-refractivity contribution < 1.29 is 13.6 Å². The maximum Gasteiger partial charge on any atom is 0.284 e. The smallest absolute Gasteiger partial charge is 0.284 e. The topological polar surface area (TPSA) is 88.0 Å². The molecule has 5 rings (SSSR count). The van der Waals surface area contributed by atoms with Crippen molar-refractivity contribution in [2.75, 3.05) is 36.4 Å². The van der Waals surface area contributed by atoms with Crippen LogP contribution in [0.2, 0.25) is 0 Å². The molecule has 11 heteroatoms. The van der Waals surface area contributed by atoms with Gasteiger partial charge in [0.25, 0.3) is 12.3 Å². The SMILES string of the molecule is Cn1cc(NC(=O)c2csc3ncc(N4CCNCC5(CC5)C4)nc23)c(C(F)F)n1. The van der Waals surface area contributed by atoms with E-state index in [1.54, 1.807) is 11.6 Å². The number of hydrogen-bond acceptors (Lipinski definition) is 7. The maximum absolute atomic E-state index is 13.2. The van der Waals surface area contributed by atoms with E-state index in [-0.39, 0.29) is 5.69 Å². The summed E-state index contributed by atoms with van der Waals surface area (Å²) < 4.78 is 27.6. The van der Waals surface area contributed by atoms with E-state index in [1.165, 1.54) is 42.1 Å². The standard InChI is InChI=1S/C19H21F2N7OS/c1-27-7-12(15(26-27)16(20)21)24-17(29)11-8-30-18-14(11)25-13(6-23-18)28-5-4-22-9-19(10-28)2-3-19/h6-8,16,22H,2-5,9-10H2,1H3,(H,24,29). The molecule has 1 aliphatic carbocycles. The number of carbonyl (C=O) groups is 1. The third kappa shape index (κ3) is 3.52. The Morgan fingerprint density at radius 2 is 2.23 bits per heavy atom. The van der Waals surface area contributed by atoms with Gasteiger partial charge in [0.2, 0.25) is 0 Å². The van der Waals surface area contributed by atoms with Gasteiger partial charge in [-0.2, -0.15) is 5.10 Å². The van der Waals surface area contributed by atoms with E-state index < -0.39 is 18.0 Å². The van der Waals surface area contributed by atoms with Crippen LogP contribution in [0.1, 0.15) is 35.3 Å². The second-order valence-electron chi connectivity index (χ2n) is 7.99. The van der Waals surface area contributed by atoms with Crippen molar-refractivity contribution >= 4 is 39.1 Å². The van der Waals surface area contributed by atoms with Crippen molar-refractivity contribution in [1.82, 2.24) is 25.1 Å². The van der Waals surface area contributed by atoms with Crippen molar-refractivity contribution in [3.63, 3.8) is 0 Å². The van der Waals surface area contributed by atoms with E-state index in [9.17, 15) is 13.6 Å². The Morgan fingerprint density at radius 1 is 1.40 bits per heavy atom. The van der Waals surface area contributed by atoms with Crippen molar-refractivity contribution in [1.29, 1.82) is 0 Å². The summed E-state index contributed by atoms with van der Waals surface area (Å²) in [7, 11) is 1.53. The monoisotopic (exact) mass is 433 g/mol. The Hall–Kier alpha value is -2.66. The summed E-state index contributed by atoms with van der Waals surface area (Å²) >= 11 is 1.31. The normalized spacial score (nSPS) is 18.2. The summed E-state index contributed by atoms with van der Waals surface area (Å²) in [5.41, 5.74) is 0.662. The molecule has 3 aromatic heterocycles. The van der Waals surface area contributed by atoms with Gasteiger partial charge in [0.1, 0.15) is 16.2 Å². The van der Waals surface area contributed by atoms with Gasteiger partial charge in [-0.25, -0.2) is 18.7 Å². The zero-order valence-electron chi connectivity index (χ0n) is 16.4. The summed E-state index contributed by atoms with van der Waals surface area (Å²) in [5, 5.41) is 11.4. The molecule has 2 aliphatic rings. The van der Waals surface area contributed by atoms with Gasteiger partial charge in [-0.1, -0.05) is 0 Å². The van der Waals surface area contributed by atoms with Gasteiger partial charge >= 0.3 is 0 Å². The van der Waals surface area contributed by atoms with Crippen molar-refractivity contribution in [2.45, 2.75) is 19.3 Å². The predicted octanol–water partition coefficient (Wildman–Crippen LogP) is 2.80. The molecule has 1 saturated heterocycles. The average molecular weight is 433 g/mol. The second kappa shape index (κ2) is 7.24. The van der Waals surface area contributed by atoms with Crippen molar-refractivity contribution in [2.24, 2.45) is 12.5 Å². The number of halogens is 2. The fraction of sp³-hybridized carbons (Fsp3) is 0.474. The second-order valence-corrected chi connectivity index (χ2v) is 8.84. The molecule has 0 unspecified atom stereocenters. The lowest BCUT2D eigenvalue weighted by Crippen LogP contribution is -2.31.